The van der Waals surface area contributed by atoms with Crippen LogP contribution < -0.4 is 19.5 Å². The zero-order chi connectivity index (χ0) is 16.9. The van der Waals surface area contributed by atoms with Gasteiger partial charge in [-0.15, -0.1) is 0 Å². The molecule has 2 fully saturated rings. The molecular formula is C19H30N2O3. The Balaban J connectivity index is 2.01. The van der Waals surface area contributed by atoms with E-state index in [1.54, 1.807) is 21.3 Å². The maximum absolute atomic E-state index is 5.74. The molecule has 134 valence electrons. The van der Waals surface area contributed by atoms with Crippen LogP contribution in [-0.4, -0.2) is 52.4 Å². The molecule has 1 N–H and O–H groups in total. The molecule has 2 aliphatic rings. The molecule has 1 aromatic carbocycles. The van der Waals surface area contributed by atoms with Gasteiger partial charge in [0.2, 0.25) is 0 Å². The summed E-state index contributed by atoms with van der Waals surface area (Å²) in [4.78, 5) is 2.62. The lowest BCUT2D eigenvalue weighted by Gasteiger charge is -2.39. The first kappa shape index (κ1) is 17.4. The van der Waals surface area contributed by atoms with Gasteiger partial charge in [-0.05, 0) is 24.8 Å². The van der Waals surface area contributed by atoms with Gasteiger partial charge in [-0.1, -0.05) is 12.8 Å². The van der Waals surface area contributed by atoms with E-state index in [-0.39, 0.29) is 0 Å². The van der Waals surface area contributed by atoms with E-state index in [1.165, 1.54) is 31.2 Å². The summed E-state index contributed by atoms with van der Waals surface area (Å²) in [6.07, 6.45) is 5.27. The van der Waals surface area contributed by atoms with E-state index >= 15 is 0 Å². The van der Waals surface area contributed by atoms with Crippen molar-refractivity contribution in [1.82, 2.24) is 10.2 Å². The van der Waals surface area contributed by atoms with Crippen LogP contribution in [0.4, 0.5) is 0 Å². The second kappa shape index (κ2) is 8.08. The summed E-state index contributed by atoms with van der Waals surface area (Å²) in [7, 11) is 5.11. The Morgan fingerprint density at radius 3 is 2.08 bits per heavy atom. The van der Waals surface area contributed by atoms with E-state index in [1.807, 2.05) is 6.07 Å². The fraction of sp³-hybridized carbons (Fsp3) is 0.684. The minimum atomic E-state index is 0.393. The lowest BCUT2D eigenvalue weighted by atomic mass is 9.88. The van der Waals surface area contributed by atoms with Gasteiger partial charge in [-0.3, -0.25) is 4.90 Å². The van der Waals surface area contributed by atoms with Crippen molar-refractivity contribution in [2.24, 2.45) is 5.92 Å². The van der Waals surface area contributed by atoms with Crippen LogP contribution in [0.25, 0.3) is 0 Å². The zero-order valence-corrected chi connectivity index (χ0v) is 15.1. The summed E-state index contributed by atoms with van der Waals surface area (Å²) in [5, 5.41) is 3.46. The van der Waals surface area contributed by atoms with Gasteiger partial charge in [0.15, 0.2) is 11.5 Å². The third kappa shape index (κ3) is 3.47. The van der Waals surface area contributed by atoms with Crippen molar-refractivity contribution in [1.29, 1.82) is 0 Å². The number of piperazine rings is 1. The highest BCUT2D eigenvalue weighted by Crippen LogP contribution is 2.46. The summed E-state index contributed by atoms with van der Waals surface area (Å²) in [5.41, 5.74) is 1.24. The van der Waals surface area contributed by atoms with Gasteiger partial charge < -0.3 is 19.5 Å². The molecule has 1 aliphatic heterocycles. The fourth-order valence-corrected chi connectivity index (χ4v) is 4.27. The minimum Gasteiger partial charge on any atom is -0.496 e. The Bertz CT molecular complexity index is 538. The molecule has 0 aromatic heterocycles. The number of nitrogens with zero attached hydrogens (tertiary/aromatic N) is 1. The highest BCUT2D eigenvalue weighted by atomic mass is 16.5. The zero-order valence-electron chi connectivity index (χ0n) is 15.1. The second-order valence-electron chi connectivity index (χ2n) is 6.72. The quantitative estimate of drug-likeness (QED) is 0.866. The molecule has 5 nitrogen and oxygen atoms in total. The summed E-state index contributed by atoms with van der Waals surface area (Å²) >= 11 is 0. The number of methoxy groups -OCH3 is 3. The first-order valence-electron chi connectivity index (χ1n) is 9.03. The van der Waals surface area contributed by atoms with Crippen molar-refractivity contribution in [2.75, 3.05) is 47.5 Å². The fourth-order valence-electron chi connectivity index (χ4n) is 4.27. The molecule has 1 atom stereocenters. The van der Waals surface area contributed by atoms with Crippen molar-refractivity contribution in [2.45, 2.75) is 31.7 Å². The van der Waals surface area contributed by atoms with E-state index in [4.69, 9.17) is 14.2 Å². The molecule has 1 saturated heterocycles. The summed E-state index contributed by atoms with van der Waals surface area (Å²) in [6.45, 7) is 4.27. The molecule has 0 spiro atoms. The second-order valence-corrected chi connectivity index (χ2v) is 6.72. The first-order valence-corrected chi connectivity index (χ1v) is 9.03. The Morgan fingerprint density at radius 2 is 1.50 bits per heavy atom. The number of nitrogens with one attached hydrogen (secondary N) is 1. The first-order chi connectivity index (χ1) is 11.8. The predicted octanol–water partition coefficient (Wildman–Crippen LogP) is 2.85. The maximum Gasteiger partial charge on any atom is 0.164 e. The molecule has 24 heavy (non-hydrogen) atoms. The van der Waals surface area contributed by atoms with Gasteiger partial charge in [-0.25, -0.2) is 0 Å². The molecule has 0 bridgehead atoms. The number of ether oxygens (including phenoxy) is 3. The third-order valence-corrected chi connectivity index (χ3v) is 5.45. The minimum absolute atomic E-state index is 0.393. The molecule has 0 unspecified atom stereocenters. The van der Waals surface area contributed by atoms with Crippen molar-refractivity contribution >= 4 is 0 Å². The van der Waals surface area contributed by atoms with Gasteiger partial charge in [0.25, 0.3) is 0 Å². The summed E-state index contributed by atoms with van der Waals surface area (Å²) < 4.78 is 16.8. The van der Waals surface area contributed by atoms with Crippen molar-refractivity contribution in [3.05, 3.63) is 17.7 Å². The normalized spacial score (nSPS) is 20.8. The number of hydrogen-bond acceptors (Lipinski definition) is 5. The third-order valence-electron chi connectivity index (χ3n) is 5.45. The smallest absolute Gasteiger partial charge is 0.164 e. The number of benzene rings is 1. The molecule has 5 heteroatoms. The van der Waals surface area contributed by atoms with E-state index < -0.39 is 0 Å². The lowest BCUT2D eigenvalue weighted by Crippen LogP contribution is -2.46. The van der Waals surface area contributed by atoms with Crippen LogP contribution >= 0.6 is 0 Å². The van der Waals surface area contributed by atoms with E-state index in [0.29, 0.717) is 12.0 Å². The van der Waals surface area contributed by atoms with Crippen LogP contribution in [0.1, 0.15) is 37.3 Å². The van der Waals surface area contributed by atoms with Crippen molar-refractivity contribution < 1.29 is 14.2 Å². The predicted molar refractivity (Wildman–Crippen MR) is 95.2 cm³/mol. The van der Waals surface area contributed by atoms with Crippen LogP contribution in [0, 0.1) is 5.92 Å². The van der Waals surface area contributed by atoms with E-state index in [9.17, 15) is 0 Å². The summed E-state index contributed by atoms with van der Waals surface area (Å²) in [5.74, 6) is 3.10. The van der Waals surface area contributed by atoms with Crippen LogP contribution in [0.2, 0.25) is 0 Å². The summed E-state index contributed by atoms with van der Waals surface area (Å²) in [6, 6.07) is 4.49. The van der Waals surface area contributed by atoms with Gasteiger partial charge in [-0.2, -0.15) is 0 Å². The molecule has 0 radical (unpaired) electrons. The lowest BCUT2D eigenvalue weighted by molar-refractivity contribution is 0.123. The molecule has 3 rings (SSSR count). The topological polar surface area (TPSA) is 43.0 Å². The van der Waals surface area contributed by atoms with Crippen molar-refractivity contribution in [3.8, 4) is 17.2 Å². The Hall–Kier alpha value is -1.46. The van der Waals surface area contributed by atoms with E-state index in [2.05, 4.69) is 16.3 Å². The maximum atomic E-state index is 5.74. The van der Waals surface area contributed by atoms with Gasteiger partial charge in [0.05, 0.1) is 21.3 Å². The van der Waals surface area contributed by atoms with E-state index in [0.717, 1.165) is 43.4 Å². The molecule has 0 amide bonds. The average Bonchev–Trinajstić information content (AvgIpc) is 3.16. The molecular weight excluding hydrogens is 304 g/mol. The number of rotatable bonds is 6. The standard InChI is InChI=1S/C19H30N2O3/c1-22-16-13-18(24-3)17(23-2)12-15(16)19(14-6-4-5-7-14)21-10-8-20-9-11-21/h12-14,19-20H,4-11H2,1-3H3/t19-/m1/s1. The average molecular weight is 334 g/mol. The Labute approximate surface area is 145 Å². The highest BCUT2D eigenvalue weighted by molar-refractivity contribution is 5.52. The monoisotopic (exact) mass is 334 g/mol. The van der Waals surface area contributed by atoms with Gasteiger partial charge >= 0.3 is 0 Å². The molecule has 1 aliphatic carbocycles. The SMILES string of the molecule is COc1cc(OC)c([C@@H](C2CCCC2)N2CCNCC2)cc1OC. The molecule has 1 heterocycles. The van der Waals surface area contributed by atoms with Crippen molar-refractivity contribution in [3.63, 3.8) is 0 Å². The molecule has 1 saturated carbocycles. The van der Waals surface area contributed by atoms with Crippen LogP contribution in [0.15, 0.2) is 12.1 Å². The largest absolute Gasteiger partial charge is 0.496 e. The van der Waals surface area contributed by atoms with Crippen LogP contribution in [0.5, 0.6) is 17.2 Å². The number of hydrogen-bond donors (Lipinski definition) is 1. The Morgan fingerprint density at radius 1 is 0.917 bits per heavy atom. The van der Waals surface area contributed by atoms with Crippen LogP contribution in [0.3, 0.4) is 0 Å². The highest BCUT2D eigenvalue weighted by Gasteiger charge is 2.34. The Kier molecular flexibility index (Phi) is 5.85. The van der Waals surface area contributed by atoms with Gasteiger partial charge in [0, 0.05) is 43.9 Å². The van der Waals surface area contributed by atoms with Gasteiger partial charge in [0.1, 0.15) is 5.75 Å². The molecule has 1 aromatic rings. The van der Waals surface area contributed by atoms with Crippen LogP contribution in [-0.2, 0) is 0 Å².